The third-order valence-corrected chi connectivity index (χ3v) is 3.89. The van der Waals surface area contributed by atoms with Crippen molar-refractivity contribution in [1.82, 2.24) is 9.88 Å². The third kappa shape index (κ3) is 3.36. The number of hydrogen-bond acceptors (Lipinski definition) is 3. The molecule has 1 fully saturated rings. The summed E-state index contributed by atoms with van der Waals surface area (Å²) < 4.78 is 6.07. The Balaban J connectivity index is 2.24. The standard InChI is InChI=1S/C17H26N2O2/c1-11(2)14-7-8-18-16(15(14)17(4,5)6)21-13-9-19(10-13)12(3)20/h7-8,11,13H,9-10H2,1-6H3. The summed E-state index contributed by atoms with van der Waals surface area (Å²) in [5, 5.41) is 0. The Bertz CT molecular complexity index is 526. The summed E-state index contributed by atoms with van der Waals surface area (Å²) in [5.74, 6) is 1.26. The number of carbonyl (C=O) groups excluding carboxylic acids is 1. The van der Waals surface area contributed by atoms with Crippen molar-refractivity contribution < 1.29 is 9.53 Å². The molecule has 116 valence electrons. The van der Waals surface area contributed by atoms with E-state index in [-0.39, 0.29) is 17.4 Å². The molecule has 21 heavy (non-hydrogen) atoms. The molecule has 0 N–H and O–H groups in total. The Morgan fingerprint density at radius 2 is 2.00 bits per heavy atom. The van der Waals surface area contributed by atoms with Gasteiger partial charge in [-0.25, -0.2) is 4.98 Å². The molecule has 0 saturated carbocycles. The highest BCUT2D eigenvalue weighted by Gasteiger charge is 2.33. The third-order valence-electron chi connectivity index (χ3n) is 3.89. The lowest BCUT2D eigenvalue weighted by molar-refractivity contribution is -0.137. The predicted octanol–water partition coefficient (Wildman–Crippen LogP) is 3.11. The SMILES string of the molecule is CC(=O)N1CC(Oc2nccc(C(C)C)c2C(C)(C)C)C1. The zero-order valence-electron chi connectivity index (χ0n) is 13.9. The molecule has 0 bridgehead atoms. The lowest BCUT2D eigenvalue weighted by atomic mass is 9.81. The van der Waals surface area contributed by atoms with Crippen molar-refractivity contribution in [2.45, 2.75) is 59.0 Å². The smallest absolute Gasteiger partial charge is 0.219 e. The first-order chi connectivity index (χ1) is 9.70. The summed E-state index contributed by atoms with van der Waals surface area (Å²) in [6.07, 6.45) is 1.88. The van der Waals surface area contributed by atoms with E-state index < -0.39 is 0 Å². The number of ether oxygens (including phenoxy) is 1. The molecule has 0 aliphatic carbocycles. The summed E-state index contributed by atoms with van der Waals surface area (Å²) >= 11 is 0. The monoisotopic (exact) mass is 290 g/mol. The van der Waals surface area contributed by atoms with E-state index in [1.807, 2.05) is 6.20 Å². The number of pyridine rings is 1. The van der Waals surface area contributed by atoms with Gasteiger partial charge in [-0.1, -0.05) is 34.6 Å². The van der Waals surface area contributed by atoms with Gasteiger partial charge in [0.2, 0.25) is 11.8 Å². The van der Waals surface area contributed by atoms with Crippen LogP contribution in [0.1, 0.15) is 58.6 Å². The molecule has 0 radical (unpaired) electrons. The minimum Gasteiger partial charge on any atom is -0.470 e. The summed E-state index contributed by atoms with van der Waals surface area (Å²) in [7, 11) is 0. The molecule has 1 aromatic heterocycles. The largest absolute Gasteiger partial charge is 0.470 e. The van der Waals surface area contributed by atoms with Gasteiger partial charge >= 0.3 is 0 Å². The second-order valence-electron chi connectivity index (χ2n) is 7.15. The summed E-state index contributed by atoms with van der Waals surface area (Å²) in [6, 6.07) is 2.08. The first-order valence-electron chi connectivity index (χ1n) is 7.61. The summed E-state index contributed by atoms with van der Waals surface area (Å²) in [4.78, 5) is 17.5. The van der Waals surface area contributed by atoms with Crippen LogP contribution in [0.4, 0.5) is 0 Å². The molecule has 2 heterocycles. The Morgan fingerprint density at radius 3 is 2.48 bits per heavy atom. The molecule has 1 aliphatic rings. The van der Waals surface area contributed by atoms with Gasteiger partial charge in [-0.05, 0) is 23.0 Å². The van der Waals surface area contributed by atoms with Gasteiger partial charge < -0.3 is 9.64 Å². The average molecular weight is 290 g/mol. The van der Waals surface area contributed by atoms with Crippen molar-refractivity contribution in [3.63, 3.8) is 0 Å². The molecule has 1 saturated heterocycles. The molecule has 1 amide bonds. The van der Waals surface area contributed by atoms with Gasteiger partial charge in [-0.2, -0.15) is 0 Å². The quantitative estimate of drug-likeness (QED) is 0.859. The van der Waals surface area contributed by atoms with Crippen LogP contribution in [0.5, 0.6) is 5.88 Å². The minimum absolute atomic E-state index is 0.0206. The fraction of sp³-hybridized carbons (Fsp3) is 0.647. The summed E-state index contributed by atoms with van der Waals surface area (Å²) in [5.41, 5.74) is 2.45. The van der Waals surface area contributed by atoms with Gasteiger partial charge in [0.1, 0.15) is 6.10 Å². The molecule has 0 unspecified atom stereocenters. The number of likely N-dealkylation sites (tertiary alicyclic amines) is 1. The number of rotatable bonds is 3. The van der Waals surface area contributed by atoms with Crippen LogP contribution in [-0.4, -0.2) is 35.0 Å². The van der Waals surface area contributed by atoms with Crippen molar-refractivity contribution in [3.8, 4) is 5.88 Å². The number of carbonyl (C=O) groups is 1. The molecule has 4 nitrogen and oxygen atoms in total. The Hall–Kier alpha value is -1.58. The number of nitrogens with zero attached hydrogens (tertiary/aromatic N) is 2. The van der Waals surface area contributed by atoms with Crippen molar-refractivity contribution in [3.05, 3.63) is 23.4 Å². The maximum Gasteiger partial charge on any atom is 0.219 e. The fourth-order valence-corrected chi connectivity index (χ4v) is 2.71. The number of hydrogen-bond donors (Lipinski definition) is 0. The van der Waals surface area contributed by atoms with Crippen LogP contribution in [0.15, 0.2) is 12.3 Å². The number of amides is 1. The van der Waals surface area contributed by atoms with Crippen LogP contribution in [0.25, 0.3) is 0 Å². The van der Waals surface area contributed by atoms with E-state index in [0.29, 0.717) is 19.0 Å². The van der Waals surface area contributed by atoms with Gasteiger partial charge in [0, 0.05) is 18.7 Å². The van der Waals surface area contributed by atoms with Gasteiger partial charge in [0.05, 0.1) is 13.1 Å². The van der Waals surface area contributed by atoms with E-state index in [1.165, 1.54) is 11.1 Å². The van der Waals surface area contributed by atoms with Crippen LogP contribution in [0, 0.1) is 0 Å². The van der Waals surface area contributed by atoms with Crippen molar-refractivity contribution in [2.24, 2.45) is 0 Å². The van der Waals surface area contributed by atoms with Crippen molar-refractivity contribution in [2.75, 3.05) is 13.1 Å². The molecule has 0 atom stereocenters. The minimum atomic E-state index is -0.0206. The van der Waals surface area contributed by atoms with Crippen LogP contribution in [0.3, 0.4) is 0 Å². The molecular weight excluding hydrogens is 264 g/mol. The van der Waals surface area contributed by atoms with Crippen molar-refractivity contribution >= 4 is 5.91 Å². The maximum absolute atomic E-state index is 11.2. The van der Waals surface area contributed by atoms with E-state index in [2.05, 4.69) is 45.7 Å². The molecular formula is C17H26N2O2. The van der Waals surface area contributed by atoms with Crippen LogP contribution < -0.4 is 4.74 Å². The predicted molar refractivity (Wildman–Crippen MR) is 83.7 cm³/mol. The molecule has 0 aromatic carbocycles. The normalized spacial score (nSPS) is 16.0. The highest BCUT2D eigenvalue weighted by atomic mass is 16.5. The number of aromatic nitrogens is 1. The molecule has 0 spiro atoms. The molecule has 2 rings (SSSR count). The van der Waals surface area contributed by atoms with Gasteiger partial charge in [0.15, 0.2) is 0 Å². The van der Waals surface area contributed by atoms with E-state index >= 15 is 0 Å². The Labute approximate surface area is 127 Å². The molecule has 1 aliphatic heterocycles. The van der Waals surface area contributed by atoms with E-state index in [4.69, 9.17) is 4.74 Å². The Kier molecular flexibility index (Phi) is 4.26. The molecule has 4 heteroatoms. The fourth-order valence-electron chi connectivity index (χ4n) is 2.71. The Morgan fingerprint density at radius 1 is 1.38 bits per heavy atom. The average Bonchev–Trinajstić information content (AvgIpc) is 2.30. The highest BCUT2D eigenvalue weighted by molar-refractivity contribution is 5.74. The molecule has 1 aromatic rings. The second-order valence-corrected chi connectivity index (χ2v) is 7.15. The van der Waals surface area contributed by atoms with Crippen LogP contribution >= 0.6 is 0 Å². The first-order valence-corrected chi connectivity index (χ1v) is 7.61. The summed E-state index contributed by atoms with van der Waals surface area (Å²) in [6.45, 7) is 13.8. The van der Waals surface area contributed by atoms with Crippen molar-refractivity contribution in [1.29, 1.82) is 0 Å². The lowest BCUT2D eigenvalue weighted by Gasteiger charge is -2.39. The van der Waals surface area contributed by atoms with Gasteiger partial charge in [0.25, 0.3) is 0 Å². The van der Waals surface area contributed by atoms with Crippen LogP contribution in [0.2, 0.25) is 0 Å². The first kappa shape index (κ1) is 15.8. The van der Waals surface area contributed by atoms with Crippen LogP contribution in [-0.2, 0) is 10.2 Å². The zero-order valence-corrected chi connectivity index (χ0v) is 13.9. The second kappa shape index (κ2) is 5.66. The van der Waals surface area contributed by atoms with Gasteiger partial charge in [-0.3, -0.25) is 4.79 Å². The van der Waals surface area contributed by atoms with Gasteiger partial charge in [-0.15, -0.1) is 0 Å². The maximum atomic E-state index is 11.2. The zero-order chi connectivity index (χ0) is 15.8. The highest BCUT2D eigenvalue weighted by Crippen LogP contribution is 2.37. The van der Waals surface area contributed by atoms with E-state index in [9.17, 15) is 4.79 Å². The lowest BCUT2D eigenvalue weighted by Crippen LogP contribution is -2.55. The van der Waals surface area contributed by atoms with E-state index in [1.54, 1.807) is 11.8 Å². The topological polar surface area (TPSA) is 42.4 Å². The van der Waals surface area contributed by atoms with E-state index in [0.717, 1.165) is 5.88 Å².